The highest BCUT2D eigenvalue weighted by Crippen LogP contribution is 2.44. The summed E-state index contributed by atoms with van der Waals surface area (Å²) in [5.74, 6) is -1.04. The molecule has 9 nitrogen and oxygen atoms in total. The Morgan fingerprint density at radius 2 is 1.31 bits per heavy atom. The number of hydrogen-bond donors (Lipinski definition) is 1. The number of hydrogen-bond acceptors (Lipinski definition) is 9. The number of rotatable bonds is 19. The maximum absolute atomic E-state index is 12.9. The fraction of sp³-hybridized carbons (Fsp3) is 0.875. The SMILES string of the molecule is CCO[Si](CCCOC(=O)C(C)(Br)CC(C)(CC(C)(C)C(=O)OCCN)C(C)=O)(OCC)OCC. The average molecular weight is 585 g/mol. The Balaban J connectivity index is 5.22. The van der Waals surface area contributed by atoms with Crippen molar-refractivity contribution in [3.05, 3.63) is 0 Å². The summed E-state index contributed by atoms with van der Waals surface area (Å²) in [6.07, 6.45) is 0.876. The van der Waals surface area contributed by atoms with Crippen LogP contribution in [0.15, 0.2) is 0 Å². The molecule has 0 saturated carbocycles. The fourth-order valence-electron chi connectivity index (χ4n) is 4.12. The molecule has 11 heteroatoms. The van der Waals surface area contributed by atoms with Crippen molar-refractivity contribution in [3.63, 3.8) is 0 Å². The second-order valence-corrected chi connectivity index (χ2v) is 14.2. The maximum atomic E-state index is 12.9. The highest BCUT2D eigenvalue weighted by Gasteiger charge is 2.47. The summed E-state index contributed by atoms with van der Waals surface area (Å²) in [6, 6.07) is 0.527. The van der Waals surface area contributed by atoms with Crippen LogP contribution in [-0.2, 0) is 37.1 Å². The van der Waals surface area contributed by atoms with Crippen molar-refractivity contribution < 1.29 is 37.1 Å². The minimum atomic E-state index is -2.81. The molecule has 206 valence electrons. The van der Waals surface area contributed by atoms with E-state index in [-0.39, 0.29) is 38.4 Å². The van der Waals surface area contributed by atoms with Gasteiger partial charge in [-0.15, -0.1) is 0 Å². The van der Waals surface area contributed by atoms with E-state index in [1.807, 2.05) is 20.8 Å². The van der Waals surface area contributed by atoms with Crippen LogP contribution in [0.1, 0.15) is 74.7 Å². The van der Waals surface area contributed by atoms with E-state index in [0.717, 1.165) is 0 Å². The monoisotopic (exact) mass is 583 g/mol. The third-order valence-electron chi connectivity index (χ3n) is 5.69. The van der Waals surface area contributed by atoms with Gasteiger partial charge in [0.2, 0.25) is 0 Å². The maximum Gasteiger partial charge on any atom is 0.501 e. The van der Waals surface area contributed by atoms with Crippen LogP contribution in [-0.4, -0.2) is 70.4 Å². The molecule has 2 unspecified atom stereocenters. The molecule has 0 saturated heterocycles. The highest BCUT2D eigenvalue weighted by molar-refractivity contribution is 9.10. The van der Waals surface area contributed by atoms with E-state index in [9.17, 15) is 14.4 Å². The fourth-order valence-corrected chi connectivity index (χ4v) is 7.43. The number of nitrogens with two attached hydrogens (primary N) is 1. The quantitative estimate of drug-likeness (QED) is 0.104. The first kappa shape index (κ1) is 34.1. The molecular weight excluding hydrogens is 538 g/mol. The van der Waals surface area contributed by atoms with E-state index in [0.29, 0.717) is 32.3 Å². The third kappa shape index (κ3) is 11.4. The highest BCUT2D eigenvalue weighted by atomic mass is 79.9. The van der Waals surface area contributed by atoms with Gasteiger partial charge in [0.25, 0.3) is 0 Å². The van der Waals surface area contributed by atoms with Crippen molar-refractivity contribution in [3.8, 4) is 0 Å². The van der Waals surface area contributed by atoms with Crippen molar-refractivity contribution in [2.24, 2.45) is 16.6 Å². The van der Waals surface area contributed by atoms with E-state index in [1.165, 1.54) is 6.92 Å². The van der Waals surface area contributed by atoms with E-state index >= 15 is 0 Å². The summed E-state index contributed by atoms with van der Waals surface area (Å²) in [5, 5.41) is 0. The van der Waals surface area contributed by atoms with E-state index in [4.69, 9.17) is 28.5 Å². The number of ether oxygens (including phenoxy) is 2. The largest absolute Gasteiger partial charge is 0.501 e. The second kappa shape index (κ2) is 15.4. The number of carbonyl (C=O) groups excluding carboxylic acids is 3. The summed E-state index contributed by atoms with van der Waals surface area (Å²) < 4.78 is 27.1. The standard InChI is InChI=1S/C24H46BrNO8Si/c1-9-32-35(33-10-2,34-11-3)16-12-14-30-21(29)24(8,25)18-23(7,19(4)27)17-22(5,6)20(28)31-15-13-26/h9-18,26H2,1-8H3. The molecule has 0 aliphatic carbocycles. The van der Waals surface area contributed by atoms with Crippen LogP contribution >= 0.6 is 15.9 Å². The lowest BCUT2D eigenvalue weighted by atomic mass is 9.68. The lowest BCUT2D eigenvalue weighted by molar-refractivity contribution is -0.156. The van der Waals surface area contributed by atoms with Gasteiger partial charge in [-0.1, -0.05) is 22.9 Å². The van der Waals surface area contributed by atoms with E-state index in [2.05, 4.69) is 15.9 Å². The second-order valence-electron chi connectivity index (χ2n) is 9.70. The van der Waals surface area contributed by atoms with Gasteiger partial charge in [0.1, 0.15) is 16.7 Å². The molecule has 0 aromatic heterocycles. The average Bonchev–Trinajstić information content (AvgIpc) is 2.74. The Kier molecular flexibility index (Phi) is 15.0. The molecule has 2 N–H and O–H groups in total. The molecule has 0 aliphatic heterocycles. The number of carbonyl (C=O) groups is 3. The molecule has 0 aliphatic rings. The Labute approximate surface area is 220 Å². The van der Waals surface area contributed by atoms with Crippen LogP contribution in [0.5, 0.6) is 0 Å². The van der Waals surface area contributed by atoms with Crippen LogP contribution in [0.4, 0.5) is 0 Å². The van der Waals surface area contributed by atoms with Gasteiger partial charge in [0, 0.05) is 37.8 Å². The molecule has 35 heavy (non-hydrogen) atoms. The molecule has 0 radical (unpaired) electrons. The smallest absolute Gasteiger partial charge is 0.465 e. The summed E-state index contributed by atoms with van der Waals surface area (Å²) in [6.45, 7) is 15.9. The van der Waals surface area contributed by atoms with Crippen molar-refractivity contribution in [2.75, 3.05) is 39.6 Å². The molecule has 0 aromatic rings. The van der Waals surface area contributed by atoms with Gasteiger partial charge in [-0.3, -0.25) is 14.4 Å². The van der Waals surface area contributed by atoms with Crippen LogP contribution < -0.4 is 5.73 Å². The van der Waals surface area contributed by atoms with Gasteiger partial charge < -0.3 is 28.5 Å². The van der Waals surface area contributed by atoms with E-state index in [1.54, 1.807) is 27.7 Å². The zero-order valence-corrected chi connectivity index (χ0v) is 25.4. The third-order valence-corrected chi connectivity index (χ3v) is 9.44. The molecular formula is C24H46BrNO8Si. The molecule has 0 rings (SSSR count). The first-order chi connectivity index (χ1) is 16.1. The van der Waals surface area contributed by atoms with Gasteiger partial charge in [0.05, 0.1) is 12.0 Å². The normalized spacial score (nSPS) is 15.7. The lowest BCUT2D eigenvalue weighted by Gasteiger charge is -2.38. The Bertz CT molecular complexity index is 671. The number of halogens is 1. The van der Waals surface area contributed by atoms with Crippen molar-refractivity contribution >= 4 is 42.5 Å². The van der Waals surface area contributed by atoms with Crippen molar-refractivity contribution in [2.45, 2.75) is 85.0 Å². The van der Waals surface area contributed by atoms with Crippen molar-refractivity contribution in [1.29, 1.82) is 0 Å². The minimum Gasteiger partial charge on any atom is -0.465 e. The molecule has 0 spiro atoms. The van der Waals surface area contributed by atoms with Gasteiger partial charge in [-0.25, -0.2) is 0 Å². The zero-order chi connectivity index (χ0) is 27.3. The van der Waals surface area contributed by atoms with Gasteiger partial charge in [-0.05, 0) is 67.7 Å². The van der Waals surface area contributed by atoms with Crippen LogP contribution in [0.3, 0.4) is 0 Å². The van der Waals surface area contributed by atoms with Gasteiger partial charge >= 0.3 is 20.7 Å². The predicted molar refractivity (Wildman–Crippen MR) is 140 cm³/mol. The number of esters is 2. The molecule has 2 atom stereocenters. The molecule has 0 bridgehead atoms. The van der Waals surface area contributed by atoms with Crippen LogP contribution in [0.2, 0.25) is 6.04 Å². The van der Waals surface area contributed by atoms with E-state index < -0.39 is 35.9 Å². The first-order valence-electron chi connectivity index (χ1n) is 12.3. The summed E-state index contributed by atoms with van der Waals surface area (Å²) in [4.78, 5) is 38.1. The Morgan fingerprint density at radius 3 is 1.74 bits per heavy atom. The van der Waals surface area contributed by atoms with Crippen molar-refractivity contribution in [1.82, 2.24) is 0 Å². The van der Waals surface area contributed by atoms with Gasteiger partial charge in [-0.2, -0.15) is 0 Å². The summed E-state index contributed by atoms with van der Waals surface area (Å²) in [5.41, 5.74) is 3.52. The molecule has 0 heterocycles. The van der Waals surface area contributed by atoms with Crippen LogP contribution in [0, 0.1) is 10.8 Å². The number of Topliss-reactive ketones (excluding diaryl/α,β-unsaturated/α-hetero) is 1. The van der Waals surface area contributed by atoms with Crippen LogP contribution in [0.25, 0.3) is 0 Å². The zero-order valence-electron chi connectivity index (χ0n) is 22.8. The number of alkyl halides is 1. The summed E-state index contributed by atoms with van der Waals surface area (Å²) >= 11 is 3.48. The van der Waals surface area contributed by atoms with Gasteiger partial charge in [0.15, 0.2) is 0 Å². The number of ketones is 1. The Morgan fingerprint density at radius 1 is 0.829 bits per heavy atom. The summed E-state index contributed by atoms with van der Waals surface area (Å²) in [7, 11) is -2.81. The predicted octanol–water partition coefficient (Wildman–Crippen LogP) is 4.03. The minimum absolute atomic E-state index is 0.113. The topological polar surface area (TPSA) is 123 Å². The molecule has 0 aromatic carbocycles. The Hall–Kier alpha value is -0.853. The molecule has 0 fully saturated rings. The first-order valence-corrected chi connectivity index (χ1v) is 15.0. The lowest BCUT2D eigenvalue weighted by Crippen LogP contribution is -2.46. The molecule has 0 amide bonds.